The number of hydrogen-bond donors (Lipinski definition) is 1. The van der Waals surface area contributed by atoms with Crippen molar-refractivity contribution in [3.8, 4) is 0 Å². The zero-order valence-electron chi connectivity index (χ0n) is 15.5. The minimum absolute atomic E-state index is 0.0117. The molecular formula is C20H25N3O3. The number of pyridine rings is 1. The Kier molecular flexibility index (Phi) is 7.14. The zero-order valence-corrected chi connectivity index (χ0v) is 15.5. The van der Waals surface area contributed by atoms with Crippen LogP contribution in [-0.4, -0.2) is 36.6 Å². The Morgan fingerprint density at radius 3 is 2.54 bits per heavy atom. The molecule has 0 unspecified atom stereocenters. The molecule has 1 amide bonds. The number of nitrogens with zero attached hydrogens (tertiary/aromatic N) is 2. The number of Topliss-reactive ketones (excluding diaryl/α,β-unsaturated/α-hetero) is 1. The maximum Gasteiger partial charge on any atom is 0.411 e. The van der Waals surface area contributed by atoms with Gasteiger partial charge in [0.2, 0.25) is 0 Å². The lowest BCUT2D eigenvalue weighted by Gasteiger charge is -2.22. The van der Waals surface area contributed by atoms with E-state index in [1.165, 1.54) is 0 Å². The Morgan fingerprint density at radius 2 is 1.92 bits per heavy atom. The van der Waals surface area contributed by atoms with E-state index in [0.717, 1.165) is 24.3 Å². The van der Waals surface area contributed by atoms with Crippen molar-refractivity contribution in [1.82, 2.24) is 4.98 Å². The predicted octanol–water partition coefficient (Wildman–Crippen LogP) is 4.06. The van der Waals surface area contributed by atoms with Crippen LogP contribution in [0.25, 0.3) is 0 Å². The van der Waals surface area contributed by atoms with Crippen LogP contribution in [0, 0.1) is 6.92 Å². The van der Waals surface area contributed by atoms with Crippen LogP contribution in [0.15, 0.2) is 42.6 Å². The predicted molar refractivity (Wildman–Crippen MR) is 103 cm³/mol. The van der Waals surface area contributed by atoms with Gasteiger partial charge in [-0.1, -0.05) is 6.07 Å². The first-order valence-electron chi connectivity index (χ1n) is 8.78. The standard InChI is InChI=1S/C20H25N3O3/c1-4-23(5-2)16-9-10-17(15(3)14-16)22-20(25)26-13-11-19(24)18-8-6-7-12-21-18/h6-10,12,14H,4-5,11,13H2,1-3H3,(H,22,25). The van der Waals surface area contributed by atoms with Crippen molar-refractivity contribution < 1.29 is 14.3 Å². The monoisotopic (exact) mass is 355 g/mol. The van der Waals surface area contributed by atoms with Crippen LogP contribution in [0.1, 0.15) is 36.3 Å². The van der Waals surface area contributed by atoms with Gasteiger partial charge >= 0.3 is 6.09 Å². The summed E-state index contributed by atoms with van der Waals surface area (Å²) in [5, 5.41) is 2.72. The van der Waals surface area contributed by atoms with Crippen molar-refractivity contribution in [2.45, 2.75) is 27.2 Å². The molecule has 138 valence electrons. The second-order valence-corrected chi connectivity index (χ2v) is 5.82. The molecule has 0 fully saturated rings. The van der Waals surface area contributed by atoms with E-state index in [0.29, 0.717) is 11.4 Å². The second-order valence-electron chi connectivity index (χ2n) is 5.82. The molecule has 2 rings (SSSR count). The van der Waals surface area contributed by atoms with Crippen LogP contribution < -0.4 is 10.2 Å². The number of rotatable bonds is 8. The Hall–Kier alpha value is -2.89. The first kappa shape index (κ1) is 19.4. The average Bonchev–Trinajstić information content (AvgIpc) is 2.65. The van der Waals surface area contributed by atoms with E-state index in [-0.39, 0.29) is 18.8 Å². The number of amides is 1. The van der Waals surface area contributed by atoms with Crippen molar-refractivity contribution in [2.24, 2.45) is 0 Å². The van der Waals surface area contributed by atoms with E-state index in [9.17, 15) is 9.59 Å². The number of aryl methyl sites for hydroxylation is 1. The largest absolute Gasteiger partial charge is 0.449 e. The molecule has 0 aliphatic heterocycles. The van der Waals surface area contributed by atoms with Gasteiger partial charge in [0.05, 0.1) is 0 Å². The number of benzene rings is 1. The summed E-state index contributed by atoms with van der Waals surface area (Å²) in [5.74, 6) is -0.154. The van der Waals surface area contributed by atoms with Crippen LogP contribution >= 0.6 is 0 Å². The summed E-state index contributed by atoms with van der Waals surface area (Å²) in [6.07, 6.45) is 1.09. The summed E-state index contributed by atoms with van der Waals surface area (Å²) in [6, 6.07) is 11.0. The van der Waals surface area contributed by atoms with E-state index < -0.39 is 6.09 Å². The molecule has 1 heterocycles. The minimum atomic E-state index is -0.572. The van der Waals surface area contributed by atoms with Gasteiger partial charge in [0.1, 0.15) is 12.3 Å². The van der Waals surface area contributed by atoms with Crippen LogP contribution in [-0.2, 0) is 4.74 Å². The van der Waals surface area contributed by atoms with Crippen molar-refractivity contribution in [1.29, 1.82) is 0 Å². The van der Waals surface area contributed by atoms with Gasteiger partial charge in [0, 0.05) is 37.1 Å². The van der Waals surface area contributed by atoms with Crippen LogP contribution in [0.3, 0.4) is 0 Å². The van der Waals surface area contributed by atoms with E-state index in [1.54, 1.807) is 24.4 Å². The number of nitrogens with one attached hydrogen (secondary N) is 1. The van der Waals surface area contributed by atoms with E-state index in [2.05, 4.69) is 29.0 Å². The fourth-order valence-corrected chi connectivity index (χ4v) is 2.61. The summed E-state index contributed by atoms with van der Waals surface area (Å²) in [5.41, 5.74) is 3.14. The highest BCUT2D eigenvalue weighted by Gasteiger charge is 2.11. The van der Waals surface area contributed by atoms with Gasteiger partial charge in [-0.25, -0.2) is 4.79 Å². The van der Waals surface area contributed by atoms with Gasteiger partial charge in [0.15, 0.2) is 5.78 Å². The molecule has 26 heavy (non-hydrogen) atoms. The molecule has 0 radical (unpaired) electrons. The third-order valence-electron chi connectivity index (χ3n) is 4.09. The number of ether oxygens (including phenoxy) is 1. The van der Waals surface area contributed by atoms with Gasteiger partial charge < -0.3 is 9.64 Å². The molecule has 2 aromatic rings. The SMILES string of the molecule is CCN(CC)c1ccc(NC(=O)OCCC(=O)c2ccccn2)c(C)c1. The van der Waals surface area contributed by atoms with Crippen molar-refractivity contribution in [2.75, 3.05) is 29.9 Å². The molecule has 0 aliphatic rings. The Labute approximate surface area is 154 Å². The van der Waals surface area contributed by atoms with Crippen LogP contribution in [0.5, 0.6) is 0 Å². The van der Waals surface area contributed by atoms with E-state index >= 15 is 0 Å². The molecule has 0 saturated carbocycles. The van der Waals surface area contributed by atoms with Crippen molar-refractivity contribution >= 4 is 23.3 Å². The lowest BCUT2D eigenvalue weighted by atomic mass is 10.1. The Morgan fingerprint density at radius 1 is 1.15 bits per heavy atom. The maximum absolute atomic E-state index is 11.9. The molecule has 1 aromatic heterocycles. The number of anilines is 2. The molecule has 0 aliphatic carbocycles. The lowest BCUT2D eigenvalue weighted by molar-refractivity contribution is 0.0937. The van der Waals surface area contributed by atoms with Gasteiger partial charge in [-0.2, -0.15) is 0 Å². The first-order valence-corrected chi connectivity index (χ1v) is 8.78. The minimum Gasteiger partial charge on any atom is -0.449 e. The van der Waals surface area contributed by atoms with Crippen LogP contribution in [0.4, 0.5) is 16.2 Å². The summed E-state index contributed by atoms with van der Waals surface area (Å²) < 4.78 is 5.10. The van der Waals surface area contributed by atoms with E-state index in [4.69, 9.17) is 4.74 Å². The first-order chi connectivity index (χ1) is 12.5. The topological polar surface area (TPSA) is 71.5 Å². The molecule has 1 aromatic carbocycles. The van der Waals surface area contributed by atoms with Gasteiger partial charge in [0.25, 0.3) is 0 Å². The molecule has 0 saturated heterocycles. The number of aromatic nitrogens is 1. The highest BCUT2D eigenvalue weighted by molar-refractivity contribution is 5.94. The highest BCUT2D eigenvalue weighted by Crippen LogP contribution is 2.22. The maximum atomic E-state index is 11.9. The van der Waals surface area contributed by atoms with Crippen LogP contribution in [0.2, 0.25) is 0 Å². The number of ketones is 1. The molecule has 6 nitrogen and oxygen atoms in total. The number of carbonyl (C=O) groups excluding carboxylic acids is 2. The molecule has 1 N–H and O–H groups in total. The quantitative estimate of drug-likeness (QED) is 0.723. The zero-order chi connectivity index (χ0) is 18.9. The smallest absolute Gasteiger partial charge is 0.411 e. The average molecular weight is 355 g/mol. The fourth-order valence-electron chi connectivity index (χ4n) is 2.61. The van der Waals surface area contributed by atoms with Crippen molar-refractivity contribution in [3.05, 3.63) is 53.9 Å². The fraction of sp³-hybridized carbons (Fsp3) is 0.350. The molecule has 0 spiro atoms. The summed E-state index contributed by atoms with van der Waals surface area (Å²) in [4.78, 5) is 30.1. The molecular weight excluding hydrogens is 330 g/mol. The summed E-state index contributed by atoms with van der Waals surface area (Å²) in [7, 11) is 0. The normalized spacial score (nSPS) is 10.3. The Balaban J connectivity index is 1.85. The third kappa shape index (κ3) is 5.31. The van der Waals surface area contributed by atoms with Crippen molar-refractivity contribution in [3.63, 3.8) is 0 Å². The third-order valence-corrected chi connectivity index (χ3v) is 4.09. The number of carbonyl (C=O) groups is 2. The molecule has 0 bridgehead atoms. The van der Waals surface area contributed by atoms with Gasteiger partial charge in [-0.3, -0.25) is 15.1 Å². The molecule has 0 atom stereocenters. The summed E-state index contributed by atoms with van der Waals surface area (Å²) >= 11 is 0. The lowest BCUT2D eigenvalue weighted by Crippen LogP contribution is -2.22. The van der Waals surface area contributed by atoms with Gasteiger partial charge in [-0.05, 0) is 56.7 Å². The molecule has 6 heteroatoms. The summed E-state index contributed by atoms with van der Waals surface area (Å²) in [6.45, 7) is 8.01. The van der Waals surface area contributed by atoms with E-state index in [1.807, 2.05) is 25.1 Å². The highest BCUT2D eigenvalue weighted by atomic mass is 16.5. The Bertz CT molecular complexity index is 743. The second kappa shape index (κ2) is 9.56. The number of hydrogen-bond acceptors (Lipinski definition) is 5. The van der Waals surface area contributed by atoms with Gasteiger partial charge in [-0.15, -0.1) is 0 Å².